The number of nitrogens with two attached hydrogens (primary N) is 1. The summed E-state index contributed by atoms with van der Waals surface area (Å²) in [7, 11) is 0. The van der Waals surface area contributed by atoms with Crippen molar-refractivity contribution in [3.63, 3.8) is 0 Å². The van der Waals surface area contributed by atoms with Crippen LogP contribution in [0, 0.1) is 0 Å². The molecule has 2 aromatic rings. The van der Waals surface area contributed by atoms with Crippen LogP contribution in [0.5, 0.6) is 0 Å². The molecule has 0 saturated heterocycles. The molecule has 0 aliphatic carbocycles. The maximum Gasteiger partial charge on any atom is 0.141 e. The molecule has 0 aliphatic heterocycles. The second kappa shape index (κ2) is 6.56. The Hall–Kier alpha value is -1.42. The Balaban J connectivity index is 2.66. The van der Waals surface area contributed by atoms with Crippen molar-refractivity contribution in [2.24, 2.45) is 0 Å². The van der Waals surface area contributed by atoms with Crippen LogP contribution in [-0.4, -0.2) is 9.97 Å². The summed E-state index contributed by atoms with van der Waals surface area (Å²) in [5, 5.41) is 0. The van der Waals surface area contributed by atoms with Gasteiger partial charge in [0, 0.05) is 0 Å². The Kier molecular flexibility index (Phi) is 4.99. The first-order chi connectivity index (χ1) is 10.1. The van der Waals surface area contributed by atoms with Crippen LogP contribution in [0.3, 0.4) is 0 Å². The van der Waals surface area contributed by atoms with Crippen molar-refractivity contribution in [2.75, 3.05) is 5.73 Å². The quantitative estimate of drug-likeness (QED) is 0.866. The zero-order chi connectivity index (χ0) is 15.5. The Bertz CT molecular complexity index is 607. The van der Waals surface area contributed by atoms with Gasteiger partial charge in [0.05, 0.1) is 15.6 Å². The molecule has 0 aliphatic rings. The Labute approximate surface area is 135 Å². The minimum Gasteiger partial charge on any atom is -0.383 e. The van der Waals surface area contributed by atoms with E-state index >= 15 is 0 Å². The minimum absolute atomic E-state index is 0.181. The molecule has 1 heterocycles. The summed E-state index contributed by atoms with van der Waals surface area (Å²) in [5.41, 5.74) is 8.12. The number of halogens is 1. The third-order valence-corrected chi connectivity index (χ3v) is 5.11. The van der Waals surface area contributed by atoms with Gasteiger partial charge in [-0.15, -0.1) is 0 Å². The summed E-state index contributed by atoms with van der Waals surface area (Å²) in [6, 6.07) is 10.5. The molecule has 4 heteroatoms. The van der Waals surface area contributed by atoms with E-state index < -0.39 is 0 Å². The van der Waals surface area contributed by atoms with Crippen LogP contribution < -0.4 is 5.73 Å². The highest BCUT2D eigenvalue weighted by molar-refractivity contribution is 9.10. The third kappa shape index (κ3) is 2.82. The van der Waals surface area contributed by atoms with E-state index in [9.17, 15) is 0 Å². The lowest BCUT2D eigenvalue weighted by atomic mass is 9.75. The summed E-state index contributed by atoms with van der Waals surface area (Å²) < 4.78 is 0.822. The fourth-order valence-corrected chi connectivity index (χ4v) is 3.28. The number of nitrogen functional groups attached to an aromatic ring is 1. The topological polar surface area (TPSA) is 51.8 Å². The standard InChI is InChI=1S/C17H22BrN3/c1-4-13-14(18)15(19)21-16(20-13)17(5-2,6-3)12-10-8-7-9-11-12/h7-11H,4-6H2,1-3H3,(H2,19,20,21). The van der Waals surface area contributed by atoms with Crippen molar-refractivity contribution in [3.05, 3.63) is 51.9 Å². The van der Waals surface area contributed by atoms with Gasteiger partial charge in [-0.05, 0) is 40.8 Å². The van der Waals surface area contributed by atoms with Crippen molar-refractivity contribution in [1.29, 1.82) is 0 Å². The van der Waals surface area contributed by atoms with E-state index in [1.807, 2.05) is 6.07 Å². The second-order valence-corrected chi connectivity index (χ2v) is 5.99. The van der Waals surface area contributed by atoms with Crippen molar-refractivity contribution >= 4 is 21.7 Å². The number of aromatic nitrogens is 2. The fourth-order valence-electron chi connectivity index (χ4n) is 2.82. The van der Waals surface area contributed by atoms with Crippen molar-refractivity contribution in [1.82, 2.24) is 9.97 Å². The van der Waals surface area contributed by atoms with Gasteiger partial charge in [-0.3, -0.25) is 0 Å². The minimum atomic E-state index is -0.181. The Morgan fingerprint density at radius 1 is 1.05 bits per heavy atom. The highest BCUT2D eigenvalue weighted by atomic mass is 79.9. The predicted molar refractivity (Wildman–Crippen MR) is 91.3 cm³/mol. The molecule has 0 unspecified atom stereocenters. The molecular formula is C17H22BrN3. The maximum absolute atomic E-state index is 6.08. The maximum atomic E-state index is 6.08. The fraction of sp³-hybridized carbons (Fsp3) is 0.412. The van der Waals surface area contributed by atoms with Gasteiger partial charge < -0.3 is 5.73 Å². The molecule has 2 N–H and O–H groups in total. The van der Waals surface area contributed by atoms with E-state index in [1.54, 1.807) is 0 Å². The summed E-state index contributed by atoms with van der Waals surface area (Å²) in [6.45, 7) is 6.45. The van der Waals surface area contributed by atoms with E-state index in [-0.39, 0.29) is 5.41 Å². The number of hydrogen-bond donors (Lipinski definition) is 1. The zero-order valence-corrected chi connectivity index (χ0v) is 14.4. The van der Waals surface area contributed by atoms with Crippen LogP contribution in [0.4, 0.5) is 5.82 Å². The molecule has 0 fully saturated rings. The molecule has 1 aromatic heterocycles. The molecule has 0 amide bonds. The SMILES string of the molecule is CCc1nc(C(CC)(CC)c2ccccc2)nc(N)c1Br. The van der Waals surface area contributed by atoms with E-state index in [0.29, 0.717) is 5.82 Å². The van der Waals surface area contributed by atoms with Gasteiger partial charge >= 0.3 is 0 Å². The van der Waals surface area contributed by atoms with E-state index in [1.165, 1.54) is 5.56 Å². The lowest BCUT2D eigenvalue weighted by molar-refractivity contribution is 0.447. The first-order valence-electron chi connectivity index (χ1n) is 7.46. The van der Waals surface area contributed by atoms with Crippen LogP contribution in [0.2, 0.25) is 0 Å². The largest absolute Gasteiger partial charge is 0.383 e. The highest BCUT2D eigenvalue weighted by Gasteiger charge is 2.34. The number of rotatable bonds is 5. The van der Waals surface area contributed by atoms with Crippen molar-refractivity contribution in [3.8, 4) is 0 Å². The Morgan fingerprint density at radius 2 is 1.67 bits per heavy atom. The van der Waals surface area contributed by atoms with Gasteiger partial charge in [0.25, 0.3) is 0 Å². The van der Waals surface area contributed by atoms with E-state index in [0.717, 1.165) is 35.3 Å². The lowest BCUT2D eigenvalue weighted by Crippen LogP contribution is -2.29. The number of nitrogens with zero attached hydrogens (tertiary/aromatic N) is 2. The lowest BCUT2D eigenvalue weighted by Gasteiger charge is -2.31. The first kappa shape index (κ1) is 16.0. The predicted octanol–water partition coefficient (Wildman–Crippen LogP) is 4.49. The van der Waals surface area contributed by atoms with Gasteiger partial charge in [-0.25, -0.2) is 9.97 Å². The van der Waals surface area contributed by atoms with Crippen LogP contribution in [0.15, 0.2) is 34.8 Å². The average molecular weight is 348 g/mol. The molecule has 21 heavy (non-hydrogen) atoms. The normalized spacial score (nSPS) is 11.6. The second-order valence-electron chi connectivity index (χ2n) is 5.20. The molecule has 0 radical (unpaired) electrons. The smallest absolute Gasteiger partial charge is 0.141 e. The van der Waals surface area contributed by atoms with Gasteiger partial charge in [0.15, 0.2) is 0 Å². The molecular weight excluding hydrogens is 326 g/mol. The third-order valence-electron chi connectivity index (χ3n) is 4.24. The summed E-state index contributed by atoms with van der Waals surface area (Å²) in [6.07, 6.45) is 2.72. The molecule has 0 bridgehead atoms. The average Bonchev–Trinajstić information content (AvgIpc) is 2.53. The van der Waals surface area contributed by atoms with Gasteiger partial charge in [-0.1, -0.05) is 51.1 Å². The molecule has 0 saturated carbocycles. The van der Waals surface area contributed by atoms with Crippen LogP contribution in [-0.2, 0) is 11.8 Å². The van der Waals surface area contributed by atoms with E-state index in [2.05, 4.69) is 66.0 Å². The number of hydrogen-bond acceptors (Lipinski definition) is 3. The van der Waals surface area contributed by atoms with Crippen molar-refractivity contribution in [2.45, 2.75) is 45.4 Å². The van der Waals surface area contributed by atoms with Gasteiger partial charge in [0.1, 0.15) is 11.6 Å². The first-order valence-corrected chi connectivity index (χ1v) is 8.26. The molecule has 2 rings (SSSR count). The summed E-state index contributed by atoms with van der Waals surface area (Å²) >= 11 is 3.49. The molecule has 0 spiro atoms. The summed E-state index contributed by atoms with van der Waals surface area (Å²) in [4.78, 5) is 9.40. The van der Waals surface area contributed by atoms with E-state index in [4.69, 9.17) is 10.7 Å². The monoisotopic (exact) mass is 347 g/mol. The number of benzene rings is 1. The highest BCUT2D eigenvalue weighted by Crippen LogP contribution is 2.38. The van der Waals surface area contributed by atoms with Crippen LogP contribution in [0.25, 0.3) is 0 Å². The van der Waals surface area contributed by atoms with Crippen LogP contribution in [0.1, 0.15) is 50.7 Å². The van der Waals surface area contributed by atoms with Crippen molar-refractivity contribution < 1.29 is 0 Å². The molecule has 112 valence electrons. The van der Waals surface area contributed by atoms with Gasteiger partial charge in [-0.2, -0.15) is 0 Å². The Morgan fingerprint density at radius 3 is 2.19 bits per heavy atom. The summed E-state index contributed by atoms with van der Waals surface area (Å²) in [5.74, 6) is 1.36. The zero-order valence-electron chi connectivity index (χ0n) is 12.9. The molecule has 0 atom stereocenters. The molecule has 3 nitrogen and oxygen atoms in total. The van der Waals surface area contributed by atoms with Crippen LogP contribution >= 0.6 is 15.9 Å². The number of anilines is 1. The molecule has 1 aromatic carbocycles. The number of aryl methyl sites for hydroxylation is 1. The van der Waals surface area contributed by atoms with Gasteiger partial charge in [0.2, 0.25) is 0 Å².